The molecule has 0 amide bonds. The molecule has 114 valence electrons. The van der Waals surface area contributed by atoms with Crippen molar-refractivity contribution in [2.24, 2.45) is 5.92 Å². The molecule has 2 aliphatic carbocycles. The minimum atomic E-state index is -3.88. The van der Waals surface area contributed by atoms with Gasteiger partial charge < -0.3 is 5.73 Å². The van der Waals surface area contributed by atoms with Gasteiger partial charge in [-0.05, 0) is 43.7 Å². The lowest BCUT2D eigenvalue weighted by atomic mass is 10.3. The summed E-state index contributed by atoms with van der Waals surface area (Å²) in [6, 6.07) is 3.68. The zero-order valence-corrected chi connectivity index (χ0v) is 12.3. The van der Waals surface area contributed by atoms with Crippen LogP contribution in [0.2, 0.25) is 0 Å². The Kier molecular flexibility index (Phi) is 3.37. The predicted octanol–water partition coefficient (Wildman–Crippen LogP) is 1.74. The monoisotopic (exact) mass is 311 g/mol. The van der Waals surface area contributed by atoms with Crippen LogP contribution in [0, 0.1) is 16.0 Å². The van der Waals surface area contributed by atoms with Crippen molar-refractivity contribution in [1.29, 1.82) is 0 Å². The van der Waals surface area contributed by atoms with E-state index in [1.807, 2.05) is 0 Å². The first-order valence-corrected chi connectivity index (χ1v) is 8.39. The average molecular weight is 311 g/mol. The fourth-order valence-electron chi connectivity index (χ4n) is 2.38. The lowest BCUT2D eigenvalue weighted by Crippen LogP contribution is -2.35. The highest BCUT2D eigenvalue weighted by atomic mass is 32.2. The van der Waals surface area contributed by atoms with Crippen molar-refractivity contribution in [3.63, 3.8) is 0 Å². The van der Waals surface area contributed by atoms with Gasteiger partial charge in [0.25, 0.3) is 5.69 Å². The molecule has 2 saturated carbocycles. The molecule has 0 unspecified atom stereocenters. The quantitative estimate of drug-likeness (QED) is 0.489. The van der Waals surface area contributed by atoms with Crippen LogP contribution in [0.15, 0.2) is 23.1 Å². The molecule has 0 atom stereocenters. The number of nitro groups is 1. The normalized spacial score (nSPS) is 18.9. The van der Waals surface area contributed by atoms with Gasteiger partial charge in [0.2, 0.25) is 10.0 Å². The standard InChI is InChI=1S/C13H17N3O4S/c14-10-3-6-12(16(17)18)13(7-10)21(19,20)15(11-4-5-11)8-9-1-2-9/h3,6-7,9,11H,1-2,4-5,8,14H2. The van der Waals surface area contributed by atoms with Crippen LogP contribution in [-0.4, -0.2) is 30.2 Å². The Balaban J connectivity index is 2.03. The number of nitrogens with two attached hydrogens (primary N) is 1. The molecular weight excluding hydrogens is 294 g/mol. The number of nitro benzene ring substituents is 1. The van der Waals surface area contributed by atoms with Gasteiger partial charge in [-0.15, -0.1) is 0 Å². The third-order valence-corrected chi connectivity index (χ3v) is 5.80. The Bertz CT molecular complexity index is 681. The molecule has 21 heavy (non-hydrogen) atoms. The third kappa shape index (κ3) is 2.86. The smallest absolute Gasteiger partial charge is 0.289 e. The topological polar surface area (TPSA) is 107 Å². The Morgan fingerprint density at radius 3 is 2.48 bits per heavy atom. The molecule has 1 aromatic carbocycles. The fraction of sp³-hybridized carbons (Fsp3) is 0.538. The Hall–Kier alpha value is -1.67. The number of sulfonamides is 1. The summed E-state index contributed by atoms with van der Waals surface area (Å²) in [4.78, 5) is 10.1. The summed E-state index contributed by atoms with van der Waals surface area (Å²) >= 11 is 0. The van der Waals surface area contributed by atoms with Crippen molar-refractivity contribution in [3.8, 4) is 0 Å². The Morgan fingerprint density at radius 1 is 1.29 bits per heavy atom. The van der Waals surface area contributed by atoms with E-state index >= 15 is 0 Å². The zero-order chi connectivity index (χ0) is 15.2. The minimum absolute atomic E-state index is 0.0170. The van der Waals surface area contributed by atoms with Crippen LogP contribution in [-0.2, 0) is 10.0 Å². The number of nitrogen functional groups attached to an aromatic ring is 1. The van der Waals surface area contributed by atoms with Gasteiger partial charge in [-0.1, -0.05) is 0 Å². The SMILES string of the molecule is Nc1ccc([N+](=O)[O-])c(S(=O)(=O)N(CC2CC2)C2CC2)c1. The van der Waals surface area contributed by atoms with E-state index in [9.17, 15) is 18.5 Å². The Morgan fingerprint density at radius 2 is 1.95 bits per heavy atom. The summed E-state index contributed by atoms with van der Waals surface area (Å²) in [7, 11) is -3.88. The van der Waals surface area contributed by atoms with E-state index in [1.54, 1.807) is 0 Å². The van der Waals surface area contributed by atoms with Gasteiger partial charge in [0, 0.05) is 24.3 Å². The van der Waals surface area contributed by atoms with Crippen LogP contribution in [0.4, 0.5) is 11.4 Å². The van der Waals surface area contributed by atoms with Gasteiger partial charge in [-0.3, -0.25) is 10.1 Å². The number of anilines is 1. The molecule has 2 N–H and O–H groups in total. The highest BCUT2D eigenvalue weighted by Gasteiger charge is 2.43. The lowest BCUT2D eigenvalue weighted by Gasteiger charge is -2.21. The number of hydrogen-bond donors (Lipinski definition) is 1. The van der Waals surface area contributed by atoms with E-state index in [-0.39, 0.29) is 16.6 Å². The van der Waals surface area contributed by atoms with Crippen molar-refractivity contribution in [3.05, 3.63) is 28.3 Å². The van der Waals surface area contributed by atoms with Crippen LogP contribution in [0.1, 0.15) is 25.7 Å². The molecule has 2 aliphatic rings. The summed E-state index contributed by atoms with van der Waals surface area (Å²) < 4.78 is 27.1. The summed E-state index contributed by atoms with van der Waals surface area (Å²) in [6.07, 6.45) is 3.69. The van der Waals surface area contributed by atoms with Crippen LogP contribution in [0.25, 0.3) is 0 Å². The molecule has 1 aromatic rings. The number of nitrogens with zero attached hydrogens (tertiary/aromatic N) is 2. The first-order chi connectivity index (χ1) is 9.89. The van der Waals surface area contributed by atoms with Crippen molar-refractivity contribution >= 4 is 21.4 Å². The number of rotatable bonds is 6. The lowest BCUT2D eigenvalue weighted by molar-refractivity contribution is -0.387. The minimum Gasteiger partial charge on any atom is -0.399 e. The first kappa shape index (κ1) is 14.3. The summed E-state index contributed by atoms with van der Waals surface area (Å²) in [6.45, 7) is 0.457. The van der Waals surface area contributed by atoms with Gasteiger partial charge in [0.05, 0.1) is 4.92 Å². The molecule has 3 rings (SSSR count). The van der Waals surface area contributed by atoms with E-state index in [1.165, 1.54) is 16.4 Å². The molecule has 0 saturated heterocycles. The van der Waals surface area contributed by atoms with E-state index in [0.29, 0.717) is 12.5 Å². The average Bonchev–Trinajstić information content (AvgIpc) is 3.27. The molecule has 0 aliphatic heterocycles. The van der Waals surface area contributed by atoms with Gasteiger partial charge in [0.1, 0.15) is 0 Å². The highest BCUT2D eigenvalue weighted by molar-refractivity contribution is 7.89. The highest BCUT2D eigenvalue weighted by Crippen LogP contribution is 2.39. The molecule has 0 bridgehead atoms. The number of hydrogen-bond acceptors (Lipinski definition) is 5. The number of benzene rings is 1. The van der Waals surface area contributed by atoms with Gasteiger partial charge in [-0.25, -0.2) is 8.42 Å². The van der Waals surface area contributed by atoms with Crippen molar-refractivity contribution in [2.45, 2.75) is 36.6 Å². The molecular formula is C13H17N3O4S. The van der Waals surface area contributed by atoms with E-state index in [2.05, 4.69) is 0 Å². The summed E-state index contributed by atoms with van der Waals surface area (Å²) in [5.74, 6) is 0.389. The summed E-state index contributed by atoms with van der Waals surface area (Å²) in [5.41, 5.74) is 5.42. The molecule has 0 radical (unpaired) electrons. The molecule has 0 spiro atoms. The maximum Gasteiger partial charge on any atom is 0.289 e. The van der Waals surface area contributed by atoms with Crippen LogP contribution in [0.3, 0.4) is 0 Å². The molecule has 2 fully saturated rings. The van der Waals surface area contributed by atoms with E-state index in [4.69, 9.17) is 5.73 Å². The van der Waals surface area contributed by atoms with E-state index < -0.39 is 20.6 Å². The second-order valence-electron chi connectivity index (χ2n) is 5.73. The van der Waals surface area contributed by atoms with Gasteiger partial charge in [-0.2, -0.15) is 4.31 Å². The van der Waals surface area contributed by atoms with Gasteiger partial charge >= 0.3 is 0 Å². The van der Waals surface area contributed by atoms with Crippen LogP contribution in [0.5, 0.6) is 0 Å². The van der Waals surface area contributed by atoms with Crippen molar-refractivity contribution in [1.82, 2.24) is 4.31 Å². The van der Waals surface area contributed by atoms with Crippen molar-refractivity contribution < 1.29 is 13.3 Å². The van der Waals surface area contributed by atoms with E-state index in [0.717, 1.165) is 31.7 Å². The van der Waals surface area contributed by atoms with Crippen molar-refractivity contribution in [2.75, 3.05) is 12.3 Å². The largest absolute Gasteiger partial charge is 0.399 e. The zero-order valence-electron chi connectivity index (χ0n) is 11.4. The molecule has 0 aromatic heterocycles. The summed E-state index contributed by atoms with van der Waals surface area (Å²) in [5, 5.41) is 11.1. The second kappa shape index (κ2) is 4.96. The van der Waals surface area contributed by atoms with Gasteiger partial charge in [0.15, 0.2) is 4.90 Å². The molecule has 8 heteroatoms. The maximum absolute atomic E-state index is 12.8. The Labute approximate surface area is 122 Å². The molecule has 7 nitrogen and oxygen atoms in total. The third-order valence-electron chi connectivity index (χ3n) is 3.86. The van der Waals surface area contributed by atoms with Crippen LogP contribution < -0.4 is 5.73 Å². The predicted molar refractivity (Wildman–Crippen MR) is 77.1 cm³/mol. The second-order valence-corrected chi connectivity index (χ2v) is 7.59. The maximum atomic E-state index is 12.8. The fourth-order valence-corrected chi connectivity index (χ4v) is 4.33. The first-order valence-electron chi connectivity index (χ1n) is 6.95. The van der Waals surface area contributed by atoms with Crippen LogP contribution >= 0.6 is 0 Å². The molecule has 0 heterocycles.